The molecular weight excluding hydrogens is 256 g/mol. The van der Waals surface area contributed by atoms with Crippen molar-refractivity contribution < 1.29 is 9.59 Å². The number of nitrogens with two attached hydrogens (primary N) is 1. The number of nitrogens with one attached hydrogen (secondary N) is 1. The van der Waals surface area contributed by atoms with Crippen LogP contribution in [-0.2, 0) is 16.1 Å². The lowest BCUT2D eigenvalue weighted by molar-refractivity contribution is -0.118. The molecule has 2 saturated carbocycles. The molecule has 2 amide bonds. The van der Waals surface area contributed by atoms with Crippen molar-refractivity contribution in [3.63, 3.8) is 0 Å². The van der Waals surface area contributed by atoms with Gasteiger partial charge in [-0.15, -0.1) is 0 Å². The van der Waals surface area contributed by atoms with E-state index in [1.165, 1.54) is 35.9 Å². The van der Waals surface area contributed by atoms with Crippen LogP contribution >= 0.6 is 0 Å². The molecule has 0 radical (unpaired) electrons. The largest absolute Gasteiger partial charge is 0.368 e. The number of primary amides is 1. The molecular formula is C14H18N4O2. The molecule has 0 atom stereocenters. The van der Waals surface area contributed by atoms with Crippen LogP contribution in [0, 0.1) is 11.8 Å². The Hall–Kier alpha value is -2.11. The molecule has 1 aromatic heterocycles. The molecule has 0 saturated heterocycles. The first-order valence-corrected chi connectivity index (χ1v) is 6.96. The molecule has 6 nitrogen and oxygen atoms in total. The molecule has 1 aromatic rings. The van der Waals surface area contributed by atoms with Crippen LogP contribution in [0.5, 0.6) is 0 Å². The van der Waals surface area contributed by atoms with Crippen molar-refractivity contribution in [3.8, 4) is 0 Å². The van der Waals surface area contributed by atoms with Crippen LogP contribution in [-0.4, -0.2) is 21.6 Å². The number of hydrogen-bond donors (Lipinski definition) is 2. The highest BCUT2D eigenvalue weighted by molar-refractivity contribution is 5.99. The summed E-state index contributed by atoms with van der Waals surface area (Å²) < 4.78 is 1.41. The number of allylic oxidation sites excluding steroid dienone is 1. The summed E-state index contributed by atoms with van der Waals surface area (Å²) in [6, 6.07) is 1.66. The minimum absolute atomic E-state index is 0.0150. The molecule has 20 heavy (non-hydrogen) atoms. The SMILES string of the molecule is NC(=O)Cn1ccc(NC(=O)C=C(C2CC2)C2CC2)n1. The number of carbonyl (C=O) groups is 2. The van der Waals surface area contributed by atoms with Crippen LogP contribution in [0.4, 0.5) is 5.82 Å². The van der Waals surface area contributed by atoms with Gasteiger partial charge in [0.05, 0.1) is 0 Å². The quantitative estimate of drug-likeness (QED) is 0.760. The normalized spacial score (nSPS) is 17.6. The minimum atomic E-state index is -0.462. The van der Waals surface area contributed by atoms with Crippen molar-refractivity contribution in [1.82, 2.24) is 9.78 Å². The van der Waals surface area contributed by atoms with Crippen molar-refractivity contribution in [2.75, 3.05) is 5.32 Å². The van der Waals surface area contributed by atoms with Crippen LogP contribution in [0.25, 0.3) is 0 Å². The van der Waals surface area contributed by atoms with Gasteiger partial charge >= 0.3 is 0 Å². The van der Waals surface area contributed by atoms with E-state index in [0.717, 1.165) is 0 Å². The maximum atomic E-state index is 12.0. The Morgan fingerprint density at radius 3 is 2.55 bits per heavy atom. The lowest BCUT2D eigenvalue weighted by Gasteiger charge is -2.03. The second-order valence-corrected chi connectivity index (χ2v) is 5.55. The fraction of sp³-hybridized carbons (Fsp3) is 0.500. The zero-order valence-electron chi connectivity index (χ0n) is 11.2. The van der Waals surface area contributed by atoms with Gasteiger partial charge < -0.3 is 11.1 Å². The zero-order chi connectivity index (χ0) is 14.1. The van der Waals surface area contributed by atoms with Crippen molar-refractivity contribution in [3.05, 3.63) is 23.9 Å². The smallest absolute Gasteiger partial charge is 0.249 e. The van der Waals surface area contributed by atoms with Gasteiger partial charge in [0.1, 0.15) is 6.54 Å². The van der Waals surface area contributed by atoms with Gasteiger partial charge in [0, 0.05) is 18.3 Å². The van der Waals surface area contributed by atoms with E-state index in [1.54, 1.807) is 18.3 Å². The number of amides is 2. The van der Waals surface area contributed by atoms with Crippen LogP contribution < -0.4 is 11.1 Å². The first-order valence-electron chi connectivity index (χ1n) is 6.96. The molecule has 2 aliphatic carbocycles. The van der Waals surface area contributed by atoms with E-state index < -0.39 is 5.91 Å². The summed E-state index contributed by atoms with van der Waals surface area (Å²) in [5.41, 5.74) is 6.39. The van der Waals surface area contributed by atoms with Crippen LogP contribution in [0.2, 0.25) is 0 Å². The van der Waals surface area contributed by atoms with E-state index in [1.807, 2.05) is 0 Å². The Kier molecular flexibility index (Phi) is 3.30. The monoisotopic (exact) mass is 274 g/mol. The molecule has 0 aliphatic heterocycles. The highest BCUT2D eigenvalue weighted by atomic mass is 16.2. The lowest BCUT2D eigenvalue weighted by Crippen LogP contribution is -2.19. The predicted molar refractivity (Wildman–Crippen MR) is 73.6 cm³/mol. The van der Waals surface area contributed by atoms with Gasteiger partial charge in [0.2, 0.25) is 11.8 Å². The number of nitrogens with zero attached hydrogens (tertiary/aromatic N) is 2. The van der Waals surface area contributed by atoms with Crippen molar-refractivity contribution >= 4 is 17.6 Å². The maximum Gasteiger partial charge on any atom is 0.249 e. The number of carbonyl (C=O) groups excluding carboxylic acids is 2. The Bertz CT molecular complexity index is 553. The number of anilines is 1. The molecule has 2 fully saturated rings. The van der Waals surface area contributed by atoms with Crippen LogP contribution in [0.15, 0.2) is 23.9 Å². The van der Waals surface area contributed by atoms with Crippen LogP contribution in [0.1, 0.15) is 25.7 Å². The third kappa shape index (κ3) is 3.26. The third-order valence-electron chi connectivity index (χ3n) is 3.61. The van der Waals surface area contributed by atoms with Gasteiger partial charge in [-0.2, -0.15) is 5.10 Å². The summed E-state index contributed by atoms with van der Waals surface area (Å²) in [6.45, 7) is 0.0150. The average molecular weight is 274 g/mol. The first kappa shape index (κ1) is 12.9. The average Bonchev–Trinajstić information content (AvgIpc) is 3.27. The van der Waals surface area contributed by atoms with E-state index in [2.05, 4.69) is 10.4 Å². The van der Waals surface area contributed by atoms with Gasteiger partial charge in [-0.05, 0) is 37.5 Å². The number of rotatable bonds is 6. The highest BCUT2D eigenvalue weighted by Gasteiger charge is 2.36. The summed E-state index contributed by atoms with van der Waals surface area (Å²) in [6.07, 6.45) is 8.20. The van der Waals surface area contributed by atoms with Gasteiger partial charge in [0.15, 0.2) is 5.82 Å². The molecule has 106 valence electrons. The summed E-state index contributed by atoms with van der Waals surface area (Å²) in [5, 5.41) is 6.81. The van der Waals surface area contributed by atoms with E-state index in [4.69, 9.17) is 5.73 Å². The highest BCUT2D eigenvalue weighted by Crippen LogP contribution is 2.48. The third-order valence-corrected chi connectivity index (χ3v) is 3.61. The van der Waals surface area contributed by atoms with Gasteiger partial charge in [-0.3, -0.25) is 14.3 Å². The maximum absolute atomic E-state index is 12.0. The molecule has 0 aromatic carbocycles. The van der Waals surface area contributed by atoms with Gasteiger partial charge in [-0.25, -0.2) is 0 Å². The standard InChI is InChI=1S/C14H18N4O2/c15-12(19)8-18-6-5-13(17-18)16-14(20)7-11(9-1-2-9)10-3-4-10/h5-7,9-10H,1-4,8H2,(H2,15,19)(H,16,17,20). The van der Waals surface area contributed by atoms with E-state index in [-0.39, 0.29) is 12.5 Å². The molecule has 0 unspecified atom stereocenters. The minimum Gasteiger partial charge on any atom is -0.368 e. The van der Waals surface area contributed by atoms with Crippen LogP contribution in [0.3, 0.4) is 0 Å². The fourth-order valence-corrected chi connectivity index (χ4v) is 2.39. The van der Waals surface area contributed by atoms with Crippen molar-refractivity contribution in [2.45, 2.75) is 32.2 Å². The topological polar surface area (TPSA) is 90.0 Å². The molecule has 0 spiro atoms. The molecule has 3 N–H and O–H groups in total. The Labute approximate surface area is 117 Å². The van der Waals surface area contributed by atoms with Gasteiger partial charge in [0.25, 0.3) is 0 Å². The van der Waals surface area contributed by atoms with E-state index in [0.29, 0.717) is 17.7 Å². The number of hydrogen-bond acceptors (Lipinski definition) is 3. The summed E-state index contributed by atoms with van der Waals surface area (Å²) in [4.78, 5) is 22.8. The molecule has 2 aliphatic rings. The molecule has 1 heterocycles. The molecule has 0 bridgehead atoms. The number of aromatic nitrogens is 2. The zero-order valence-corrected chi connectivity index (χ0v) is 11.2. The Balaban J connectivity index is 1.61. The Morgan fingerprint density at radius 1 is 1.35 bits per heavy atom. The summed E-state index contributed by atoms with van der Waals surface area (Å²) >= 11 is 0. The molecule has 6 heteroatoms. The summed E-state index contributed by atoms with van der Waals surface area (Å²) in [5.74, 6) is 1.10. The second-order valence-electron chi connectivity index (χ2n) is 5.55. The fourth-order valence-electron chi connectivity index (χ4n) is 2.39. The van der Waals surface area contributed by atoms with Crippen molar-refractivity contribution in [2.24, 2.45) is 17.6 Å². The second kappa shape index (κ2) is 5.11. The lowest BCUT2D eigenvalue weighted by atomic mass is 10.1. The Morgan fingerprint density at radius 2 is 2.00 bits per heavy atom. The van der Waals surface area contributed by atoms with Crippen molar-refractivity contribution in [1.29, 1.82) is 0 Å². The van der Waals surface area contributed by atoms with E-state index >= 15 is 0 Å². The van der Waals surface area contributed by atoms with Gasteiger partial charge in [-0.1, -0.05) is 5.57 Å². The predicted octanol–water partition coefficient (Wildman–Crippen LogP) is 1.05. The molecule has 3 rings (SSSR count). The summed E-state index contributed by atoms with van der Waals surface area (Å²) in [7, 11) is 0. The first-order chi connectivity index (χ1) is 9.61. The van der Waals surface area contributed by atoms with E-state index in [9.17, 15) is 9.59 Å².